The predicted molar refractivity (Wildman–Crippen MR) is 117 cm³/mol. The Labute approximate surface area is 184 Å². The molecule has 0 spiro atoms. The van der Waals surface area contributed by atoms with Crippen LogP contribution in [0.15, 0.2) is 51.5 Å². The molecular weight excluding hydrogens is 446 g/mol. The van der Waals surface area contributed by atoms with E-state index in [1.807, 2.05) is 37.3 Å². The zero-order chi connectivity index (χ0) is 20.9. The van der Waals surface area contributed by atoms with Gasteiger partial charge in [0.15, 0.2) is 6.10 Å². The number of carbonyl (C=O) groups excluding carboxylic acids is 1. The third-order valence-corrected chi connectivity index (χ3v) is 5.72. The molecule has 1 N–H and O–H groups in total. The predicted octanol–water partition coefficient (Wildman–Crippen LogP) is 4.85. The van der Waals surface area contributed by atoms with E-state index >= 15 is 0 Å². The second kappa shape index (κ2) is 9.43. The molecule has 6 nitrogen and oxygen atoms in total. The maximum atomic E-state index is 12.6. The van der Waals surface area contributed by atoms with Crippen LogP contribution in [0.2, 0.25) is 0 Å². The van der Waals surface area contributed by atoms with Crippen molar-refractivity contribution in [1.82, 2.24) is 15.5 Å². The summed E-state index contributed by atoms with van der Waals surface area (Å²) in [6, 6.07) is 13.8. The Morgan fingerprint density at radius 3 is 2.83 bits per heavy atom. The fourth-order valence-corrected chi connectivity index (χ4v) is 4.02. The van der Waals surface area contributed by atoms with Gasteiger partial charge in [-0.1, -0.05) is 46.2 Å². The van der Waals surface area contributed by atoms with Gasteiger partial charge in [-0.05, 0) is 67.5 Å². The van der Waals surface area contributed by atoms with E-state index in [1.165, 1.54) is 24.0 Å². The number of aromatic nitrogens is 2. The Morgan fingerprint density at radius 1 is 1.20 bits per heavy atom. The smallest absolute Gasteiger partial charge is 0.261 e. The van der Waals surface area contributed by atoms with Gasteiger partial charge in [-0.25, -0.2) is 0 Å². The van der Waals surface area contributed by atoms with Crippen LogP contribution in [0.4, 0.5) is 0 Å². The first-order valence-electron chi connectivity index (χ1n) is 10.3. The summed E-state index contributed by atoms with van der Waals surface area (Å²) in [5, 5.41) is 6.83. The second-order valence-corrected chi connectivity index (χ2v) is 8.31. The number of carbonyl (C=O) groups is 1. The fraction of sp³-hybridized carbons (Fsp3) is 0.348. The van der Waals surface area contributed by atoms with Gasteiger partial charge in [-0.2, -0.15) is 4.98 Å². The molecule has 30 heavy (non-hydrogen) atoms. The van der Waals surface area contributed by atoms with Crippen LogP contribution in [0.25, 0.3) is 11.4 Å². The molecule has 1 aliphatic rings. The van der Waals surface area contributed by atoms with Crippen molar-refractivity contribution in [3.8, 4) is 17.1 Å². The molecule has 1 heterocycles. The highest BCUT2D eigenvalue weighted by Crippen LogP contribution is 2.26. The lowest BCUT2D eigenvalue weighted by molar-refractivity contribution is -0.128. The van der Waals surface area contributed by atoms with Gasteiger partial charge >= 0.3 is 0 Å². The second-order valence-electron chi connectivity index (χ2n) is 7.39. The van der Waals surface area contributed by atoms with Gasteiger partial charge in [-0.3, -0.25) is 4.79 Å². The molecule has 1 aliphatic carbocycles. The molecule has 0 fully saturated rings. The summed E-state index contributed by atoms with van der Waals surface area (Å²) in [5.41, 5.74) is 3.57. The van der Waals surface area contributed by atoms with Crippen LogP contribution < -0.4 is 10.1 Å². The van der Waals surface area contributed by atoms with E-state index in [9.17, 15) is 4.79 Å². The van der Waals surface area contributed by atoms with Crippen molar-refractivity contribution in [2.45, 2.75) is 51.7 Å². The molecule has 156 valence electrons. The average Bonchev–Trinajstić information content (AvgIpc) is 3.25. The van der Waals surface area contributed by atoms with Gasteiger partial charge in [0, 0.05) is 10.0 Å². The first-order valence-corrected chi connectivity index (χ1v) is 11.1. The van der Waals surface area contributed by atoms with E-state index in [0.29, 0.717) is 18.1 Å². The number of amides is 1. The Balaban J connectivity index is 1.36. The molecule has 1 amide bonds. The summed E-state index contributed by atoms with van der Waals surface area (Å²) < 4.78 is 12.2. The van der Waals surface area contributed by atoms with Crippen molar-refractivity contribution in [2.24, 2.45) is 0 Å². The van der Waals surface area contributed by atoms with Crippen molar-refractivity contribution in [2.75, 3.05) is 0 Å². The molecule has 3 aromatic rings. The van der Waals surface area contributed by atoms with Gasteiger partial charge in [0.25, 0.3) is 5.91 Å². The van der Waals surface area contributed by atoms with Crippen LogP contribution in [0.5, 0.6) is 5.75 Å². The lowest BCUT2D eigenvalue weighted by Crippen LogP contribution is -2.37. The standard InChI is InChI=1S/C23H24BrN3O3/c1-2-20(29-19-11-10-15-6-3-4-7-16(15)13-19)23(28)25-14-21-26-22(27-30-21)17-8-5-9-18(24)12-17/h5,8-13,20H,2-4,6-7,14H2,1H3,(H,25,28)/t20-/m1/s1. The lowest BCUT2D eigenvalue weighted by Gasteiger charge is -2.20. The van der Waals surface area contributed by atoms with Crippen molar-refractivity contribution in [3.63, 3.8) is 0 Å². The first kappa shape index (κ1) is 20.6. The molecule has 0 bridgehead atoms. The summed E-state index contributed by atoms with van der Waals surface area (Å²) in [6.07, 6.45) is 4.65. The highest BCUT2D eigenvalue weighted by molar-refractivity contribution is 9.10. The topological polar surface area (TPSA) is 77.2 Å². The molecule has 0 saturated carbocycles. The number of fused-ring (bicyclic) bond motifs is 1. The van der Waals surface area contributed by atoms with E-state index in [4.69, 9.17) is 9.26 Å². The summed E-state index contributed by atoms with van der Waals surface area (Å²) in [4.78, 5) is 17.0. The molecule has 0 radical (unpaired) electrons. The molecular formula is C23H24BrN3O3. The normalized spacial score (nSPS) is 14.1. The highest BCUT2D eigenvalue weighted by Gasteiger charge is 2.20. The maximum absolute atomic E-state index is 12.6. The number of benzene rings is 2. The number of ether oxygens (including phenoxy) is 1. The molecule has 7 heteroatoms. The van der Waals surface area contributed by atoms with Gasteiger partial charge in [0.05, 0.1) is 6.54 Å². The number of hydrogen-bond acceptors (Lipinski definition) is 5. The zero-order valence-electron chi connectivity index (χ0n) is 16.9. The van der Waals surface area contributed by atoms with Gasteiger partial charge in [-0.15, -0.1) is 0 Å². The van der Waals surface area contributed by atoms with Crippen molar-refractivity contribution in [3.05, 3.63) is 64.0 Å². The molecule has 1 aromatic heterocycles. The monoisotopic (exact) mass is 469 g/mol. The molecule has 0 unspecified atom stereocenters. The van der Waals surface area contributed by atoms with Crippen LogP contribution in [0.1, 0.15) is 43.2 Å². The van der Waals surface area contributed by atoms with Gasteiger partial charge in [0.1, 0.15) is 5.75 Å². The van der Waals surface area contributed by atoms with E-state index < -0.39 is 6.10 Å². The maximum Gasteiger partial charge on any atom is 0.261 e. The van der Waals surface area contributed by atoms with Crippen molar-refractivity contribution < 1.29 is 14.1 Å². The third kappa shape index (κ3) is 4.90. The Hall–Kier alpha value is -2.67. The average molecular weight is 470 g/mol. The quantitative estimate of drug-likeness (QED) is 0.534. The van der Waals surface area contributed by atoms with Crippen LogP contribution in [-0.4, -0.2) is 22.2 Å². The summed E-state index contributed by atoms with van der Waals surface area (Å²) in [6.45, 7) is 2.09. The molecule has 0 saturated heterocycles. The lowest BCUT2D eigenvalue weighted by atomic mass is 9.92. The van der Waals surface area contributed by atoms with E-state index in [0.717, 1.165) is 28.6 Å². The summed E-state index contributed by atoms with van der Waals surface area (Å²) in [5.74, 6) is 1.38. The zero-order valence-corrected chi connectivity index (χ0v) is 18.4. The van der Waals surface area contributed by atoms with Gasteiger partial charge in [0.2, 0.25) is 11.7 Å². The SMILES string of the molecule is CC[C@@H](Oc1ccc2c(c1)CCCC2)C(=O)NCc1nc(-c2cccc(Br)c2)no1. The molecule has 1 atom stereocenters. The fourth-order valence-electron chi connectivity index (χ4n) is 3.62. The van der Waals surface area contributed by atoms with E-state index in [-0.39, 0.29) is 12.5 Å². The number of rotatable bonds is 7. The number of nitrogens with zero attached hydrogens (tertiary/aromatic N) is 2. The summed E-state index contributed by atoms with van der Waals surface area (Å²) in [7, 11) is 0. The van der Waals surface area contributed by atoms with Gasteiger partial charge < -0.3 is 14.6 Å². The minimum Gasteiger partial charge on any atom is -0.481 e. The molecule has 0 aliphatic heterocycles. The number of aryl methyl sites for hydroxylation is 2. The molecule has 4 rings (SSSR count). The van der Waals surface area contributed by atoms with Crippen LogP contribution in [0.3, 0.4) is 0 Å². The minimum atomic E-state index is -0.570. The summed E-state index contributed by atoms with van der Waals surface area (Å²) >= 11 is 3.43. The minimum absolute atomic E-state index is 0.157. The van der Waals surface area contributed by atoms with Crippen LogP contribution in [0, 0.1) is 0 Å². The third-order valence-electron chi connectivity index (χ3n) is 5.23. The van der Waals surface area contributed by atoms with Crippen molar-refractivity contribution >= 4 is 21.8 Å². The van der Waals surface area contributed by atoms with E-state index in [1.54, 1.807) is 0 Å². The van der Waals surface area contributed by atoms with E-state index in [2.05, 4.69) is 43.5 Å². The van der Waals surface area contributed by atoms with Crippen LogP contribution in [-0.2, 0) is 24.2 Å². The number of nitrogens with one attached hydrogen (secondary N) is 1. The Bertz CT molecular complexity index is 1030. The number of halogens is 1. The van der Waals surface area contributed by atoms with Crippen molar-refractivity contribution in [1.29, 1.82) is 0 Å². The highest BCUT2D eigenvalue weighted by atomic mass is 79.9. The Morgan fingerprint density at radius 2 is 2.03 bits per heavy atom. The largest absolute Gasteiger partial charge is 0.481 e. The Kier molecular flexibility index (Phi) is 6.47. The van der Waals surface area contributed by atoms with Crippen LogP contribution >= 0.6 is 15.9 Å². The molecule has 2 aromatic carbocycles. The number of hydrogen-bond donors (Lipinski definition) is 1. The first-order chi connectivity index (χ1) is 14.6.